The molecule has 1 fully saturated rings. The molecule has 4 heteroatoms. The molecule has 1 heterocycles. The van der Waals surface area contributed by atoms with E-state index in [4.69, 9.17) is 5.73 Å². The predicted octanol–water partition coefficient (Wildman–Crippen LogP) is 2.41. The SMILES string of the molecule is NC1CC1c1ccc(-c2cccc(O)c2F)nc1. The smallest absolute Gasteiger partial charge is 0.174 e. The van der Waals surface area contributed by atoms with E-state index in [1.54, 1.807) is 24.4 Å². The number of rotatable bonds is 2. The van der Waals surface area contributed by atoms with Gasteiger partial charge in [-0.15, -0.1) is 0 Å². The first kappa shape index (κ1) is 11.2. The molecular weight excluding hydrogens is 231 g/mol. The minimum absolute atomic E-state index is 0.232. The Labute approximate surface area is 104 Å². The van der Waals surface area contributed by atoms with Crippen LogP contribution in [0.5, 0.6) is 5.75 Å². The van der Waals surface area contributed by atoms with Crippen molar-refractivity contribution in [3.8, 4) is 17.0 Å². The number of phenols is 1. The molecule has 1 aliphatic rings. The first-order valence-electron chi connectivity index (χ1n) is 5.86. The highest BCUT2D eigenvalue weighted by atomic mass is 19.1. The maximum absolute atomic E-state index is 13.7. The summed E-state index contributed by atoms with van der Waals surface area (Å²) in [5.41, 5.74) is 7.68. The molecular formula is C14H13FN2O. The zero-order valence-corrected chi connectivity index (χ0v) is 9.68. The van der Waals surface area contributed by atoms with Crippen LogP contribution in [-0.4, -0.2) is 16.1 Å². The summed E-state index contributed by atoms with van der Waals surface area (Å²) in [6.07, 6.45) is 2.72. The molecule has 3 rings (SSSR count). The number of halogens is 1. The summed E-state index contributed by atoms with van der Waals surface area (Å²) in [5.74, 6) is -0.607. The average molecular weight is 244 g/mol. The fraction of sp³-hybridized carbons (Fsp3) is 0.214. The molecule has 1 saturated carbocycles. The second-order valence-corrected chi connectivity index (χ2v) is 4.62. The zero-order valence-electron chi connectivity index (χ0n) is 9.68. The number of aromatic hydroxyl groups is 1. The molecule has 1 aliphatic carbocycles. The third kappa shape index (κ3) is 1.84. The molecule has 3 N–H and O–H groups in total. The lowest BCUT2D eigenvalue weighted by molar-refractivity contribution is 0.433. The van der Waals surface area contributed by atoms with E-state index in [0.717, 1.165) is 12.0 Å². The number of phenolic OH excluding ortho intramolecular Hbond substituents is 1. The van der Waals surface area contributed by atoms with Gasteiger partial charge in [-0.05, 0) is 30.2 Å². The third-order valence-corrected chi connectivity index (χ3v) is 3.31. The van der Waals surface area contributed by atoms with E-state index in [9.17, 15) is 9.50 Å². The van der Waals surface area contributed by atoms with Crippen LogP contribution in [0, 0.1) is 5.82 Å². The number of hydrogen-bond donors (Lipinski definition) is 2. The van der Waals surface area contributed by atoms with Crippen LogP contribution >= 0.6 is 0 Å². The van der Waals surface area contributed by atoms with Gasteiger partial charge in [-0.1, -0.05) is 12.1 Å². The minimum Gasteiger partial charge on any atom is -0.505 e. The first-order valence-corrected chi connectivity index (χ1v) is 5.86. The van der Waals surface area contributed by atoms with Gasteiger partial charge in [-0.2, -0.15) is 0 Å². The van der Waals surface area contributed by atoms with Crippen molar-refractivity contribution in [1.82, 2.24) is 4.98 Å². The fourth-order valence-corrected chi connectivity index (χ4v) is 2.10. The maximum atomic E-state index is 13.7. The van der Waals surface area contributed by atoms with Gasteiger partial charge in [0.2, 0.25) is 0 Å². The lowest BCUT2D eigenvalue weighted by atomic mass is 10.1. The van der Waals surface area contributed by atoms with Gasteiger partial charge in [0.25, 0.3) is 0 Å². The Hall–Kier alpha value is -1.94. The van der Waals surface area contributed by atoms with Crippen LogP contribution < -0.4 is 5.73 Å². The number of nitrogens with two attached hydrogens (primary N) is 1. The van der Waals surface area contributed by atoms with Crippen LogP contribution in [-0.2, 0) is 0 Å². The van der Waals surface area contributed by atoms with E-state index in [2.05, 4.69) is 4.98 Å². The molecule has 92 valence electrons. The van der Waals surface area contributed by atoms with Crippen molar-refractivity contribution >= 4 is 0 Å². The first-order chi connectivity index (χ1) is 8.66. The van der Waals surface area contributed by atoms with Crippen molar-refractivity contribution in [1.29, 1.82) is 0 Å². The lowest BCUT2D eigenvalue weighted by Crippen LogP contribution is -2.01. The number of aromatic nitrogens is 1. The topological polar surface area (TPSA) is 59.1 Å². The Balaban J connectivity index is 1.95. The molecule has 0 aliphatic heterocycles. The predicted molar refractivity (Wildman–Crippen MR) is 66.6 cm³/mol. The molecule has 1 aromatic carbocycles. The van der Waals surface area contributed by atoms with Gasteiger partial charge < -0.3 is 10.8 Å². The number of hydrogen-bond acceptors (Lipinski definition) is 3. The average Bonchev–Trinajstić information content (AvgIpc) is 3.10. The fourth-order valence-electron chi connectivity index (χ4n) is 2.10. The number of pyridine rings is 1. The quantitative estimate of drug-likeness (QED) is 0.852. The van der Waals surface area contributed by atoms with Crippen molar-refractivity contribution in [3.63, 3.8) is 0 Å². The Bertz CT molecular complexity index is 583. The van der Waals surface area contributed by atoms with E-state index in [1.165, 1.54) is 6.07 Å². The maximum Gasteiger partial charge on any atom is 0.174 e. The standard InChI is InChI=1S/C14H13FN2O/c15-14-9(2-1-3-13(14)18)12-5-4-8(7-17-12)10-6-11(10)16/h1-5,7,10-11,18H,6,16H2. The van der Waals surface area contributed by atoms with E-state index in [-0.39, 0.29) is 11.8 Å². The van der Waals surface area contributed by atoms with Crippen molar-refractivity contribution < 1.29 is 9.50 Å². The molecule has 1 aromatic heterocycles. The Morgan fingerprint density at radius 1 is 1.28 bits per heavy atom. The Morgan fingerprint density at radius 3 is 2.67 bits per heavy atom. The van der Waals surface area contributed by atoms with E-state index in [0.29, 0.717) is 17.2 Å². The van der Waals surface area contributed by atoms with E-state index in [1.807, 2.05) is 6.07 Å². The summed E-state index contributed by atoms with van der Waals surface area (Å²) < 4.78 is 13.7. The summed E-state index contributed by atoms with van der Waals surface area (Å²) in [6.45, 7) is 0. The monoisotopic (exact) mass is 244 g/mol. The van der Waals surface area contributed by atoms with Crippen LogP contribution in [0.25, 0.3) is 11.3 Å². The summed E-state index contributed by atoms with van der Waals surface area (Å²) >= 11 is 0. The number of benzene rings is 1. The molecule has 3 nitrogen and oxygen atoms in total. The molecule has 2 atom stereocenters. The van der Waals surface area contributed by atoms with E-state index >= 15 is 0 Å². The largest absolute Gasteiger partial charge is 0.505 e. The molecule has 2 unspecified atom stereocenters. The van der Waals surface area contributed by atoms with Gasteiger partial charge in [0.05, 0.1) is 5.69 Å². The van der Waals surface area contributed by atoms with Gasteiger partial charge in [0.1, 0.15) is 0 Å². The molecule has 0 amide bonds. The van der Waals surface area contributed by atoms with Gasteiger partial charge >= 0.3 is 0 Å². The summed E-state index contributed by atoms with van der Waals surface area (Å²) in [7, 11) is 0. The highest BCUT2D eigenvalue weighted by molar-refractivity contribution is 5.62. The molecule has 18 heavy (non-hydrogen) atoms. The summed E-state index contributed by atoms with van der Waals surface area (Å²) in [6, 6.07) is 8.42. The lowest BCUT2D eigenvalue weighted by Gasteiger charge is -2.05. The molecule has 0 saturated heterocycles. The van der Waals surface area contributed by atoms with Crippen molar-refractivity contribution in [2.45, 2.75) is 18.4 Å². The molecule has 0 radical (unpaired) electrons. The summed E-state index contributed by atoms with van der Waals surface area (Å²) in [4.78, 5) is 4.24. The second kappa shape index (κ2) is 4.07. The Morgan fingerprint density at radius 2 is 2.06 bits per heavy atom. The van der Waals surface area contributed by atoms with Gasteiger partial charge in [0, 0.05) is 23.7 Å². The van der Waals surface area contributed by atoms with Crippen LogP contribution in [0.3, 0.4) is 0 Å². The summed E-state index contributed by atoms with van der Waals surface area (Å²) in [5, 5.41) is 9.33. The van der Waals surface area contributed by atoms with Crippen LogP contribution in [0.1, 0.15) is 17.9 Å². The van der Waals surface area contributed by atoms with Crippen molar-refractivity contribution in [3.05, 3.63) is 47.9 Å². The molecule has 0 bridgehead atoms. The van der Waals surface area contributed by atoms with Crippen LogP contribution in [0.2, 0.25) is 0 Å². The van der Waals surface area contributed by atoms with Crippen molar-refractivity contribution in [2.75, 3.05) is 0 Å². The van der Waals surface area contributed by atoms with Gasteiger partial charge in [0.15, 0.2) is 11.6 Å². The highest BCUT2D eigenvalue weighted by Crippen LogP contribution is 2.39. The van der Waals surface area contributed by atoms with Crippen LogP contribution in [0.4, 0.5) is 4.39 Å². The minimum atomic E-state index is -0.638. The van der Waals surface area contributed by atoms with Crippen molar-refractivity contribution in [2.24, 2.45) is 5.73 Å². The normalized spacial score (nSPS) is 21.9. The Kier molecular flexibility index (Phi) is 2.52. The van der Waals surface area contributed by atoms with Crippen LogP contribution in [0.15, 0.2) is 36.5 Å². The number of nitrogens with zero attached hydrogens (tertiary/aromatic N) is 1. The van der Waals surface area contributed by atoms with E-state index < -0.39 is 5.82 Å². The molecule has 0 spiro atoms. The van der Waals surface area contributed by atoms with Gasteiger partial charge in [-0.3, -0.25) is 4.98 Å². The van der Waals surface area contributed by atoms with Gasteiger partial charge in [-0.25, -0.2) is 4.39 Å². The second-order valence-electron chi connectivity index (χ2n) is 4.62. The zero-order chi connectivity index (χ0) is 12.7. The highest BCUT2D eigenvalue weighted by Gasteiger charge is 2.34. The molecule has 2 aromatic rings. The third-order valence-electron chi connectivity index (χ3n) is 3.31.